The van der Waals surface area contributed by atoms with E-state index in [0.29, 0.717) is 38.8 Å². The number of carbonyl (C=O) groups excluding carboxylic acids is 4. The summed E-state index contributed by atoms with van der Waals surface area (Å²) < 4.78 is 16.0. The van der Waals surface area contributed by atoms with Gasteiger partial charge in [-0.25, -0.2) is 9.59 Å². The molecule has 208 valence electrons. The number of aromatic nitrogens is 1. The van der Waals surface area contributed by atoms with Gasteiger partial charge in [0, 0.05) is 51.8 Å². The molecule has 1 aliphatic rings. The third-order valence-electron chi connectivity index (χ3n) is 5.66. The molecule has 0 radical (unpaired) electrons. The van der Waals surface area contributed by atoms with Crippen LogP contribution in [0.3, 0.4) is 0 Å². The summed E-state index contributed by atoms with van der Waals surface area (Å²) in [6.07, 6.45) is 1.38. The van der Waals surface area contributed by atoms with E-state index < -0.39 is 42.4 Å². The molecule has 1 aliphatic heterocycles. The van der Waals surface area contributed by atoms with Crippen molar-refractivity contribution in [3.05, 3.63) is 30.1 Å². The van der Waals surface area contributed by atoms with Gasteiger partial charge in [0.2, 0.25) is 6.29 Å². The van der Waals surface area contributed by atoms with Gasteiger partial charge in [-0.3, -0.25) is 14.6 Å². The van der Waals surface area contributed by atoms with Crippen LogP contribution >= 0.6 is 0 Å². The van der Waals surface area contributed by atoms with Crippen LogP contribution in [-0.2, 0) is 35.0 Å². The molecule has 2 heterocycles. The SMILES string of the molecule is CC.CCCC(=O)O[C@H](C(=O)N1CCC[C@@H]1C(=O)OC(C)OC(=O)N(C)CCc1ccccn1)C(C)C. The number of ether oxygens (including phenoxy) is 3. The molecular formula is C27H43N3O7. The second-order valence-corrected chi connectivity index (χ2v) is 8.98. The van der Waals surface area contributed by atoms with Crippen LogP contribution in [0, 0.1) is 5.92 Å². The van der Waals surface area contributed by atoms with Crippen molar-refractivity contribution in [1.82, 2.24) is 14.8 Å². The summed E-state index contributed by atoms with van der Waals surface area (Å²) in [7, 11) is 1.59. The van der Waals surface area contributed by atoms with E-state index in [0.717, 1.165) is 5.69 Å². The zero-order valence-electron chi connectivity index (χ0n) is 23.3. The normalized spacial score (nSPS) is 16.2. The van der Waals surface area contributed by atoms with Crippen LogP contribution < -0.4 is 0 Å². The van der Waals surface area contributed by atoms with Crippen LogP contribution in [0.5, 0.6) is 0 Å². The van der Waals surface area contributed by atoms with Crippen molar-refractivity contribution in [3.8, 4) is 0 Å². The Morgan fingerprint density at radius 1 is 1.11 bits per heavy atom. The first-order valence-corrected chi connectivity index (χ1v) is 13.2. The minimum atomic E-state index is -1.13. The molecular weight excluding hydrogens is 478 g/mol. The molecule has 2 rings (SSSR count). The van der Waals surface area contributed by atoms with E-state index in [1.807, 2.05) is 39.0 Å². The molecule has 1 saturated heterocycles. The summed E-state index contributed by atoms with van der Waals surface area (Å²) in [5, 5.41) is 0. The molecule has 10 nitrogen and oxygen atoms in total. The summed E-state index contributed by atoms with van der Waals surface area (Å²) in [5.41, 5.74) is 0.845. The van der Waals surface area contributed by atoms with Crippen LogP contribution in [-0.4, -0.2) is 77.3 Å². The Morgan fingerprint density at radius 2 is 1.81 bits per heavy atom. The fraction of sp³-hybridized carbons (Fsp3) is 0.667. The molecule has 0 N–H and O–H groups in total. The highest BCUT2D eigenvalue weighted by Crippen LogP contribution is 2.23. The molecule has 1 fully saturated rings. The fourth-order valence-electron chi connectivity index (χ4n) is 3.73. The van der Waals surface area contributed by atoms with Crippen molar-refractivity contribution in [1.29, 1.82) is 0 Å². The maximum Gasteiger partial charge on any atom is 0.412 e. The Hall–Kier alpha value is -3.17. The molecule has 1 aromatic rings. The number of likely N-dealkylation sites (tertiary alicyclic amines) is 1. The lowest BCUT2D eigenvalue weighted by Gasteiger charge is -2.30. The number of hydrogen-bond acceptors (Lipinski definition) is 8. The molecule has 2 amide bonds. The molecule has 0 aromatic carbocycles. The van der Waals surface area contributed by atoms with E-state index in [-0.39, 0.29) is 12.3 Å². The topological polar surface area (TPSA) is 115 Å². The highest BCUT2D eigenvalue weighted by molar-refractivity contribution is 5.89. The second-order valence-electron chi connectivity index (χ2n) is 8.98. The summed E-state index contributed by atoms with van der Waals surface area (Å²) >= 11 is 0. The number of carbonyl (C=O) groups is 4. The van der Waals surface area contributed by atoms with Gasteiger partial charge in [0.05, 0.1) is 0 Å². The highest BCUT2D eigenvalue weighted by Gasteiger charge is 2.41. The summed E-state index contributed by atoms with van der Waals surface area (Å²) in [4.78, 5) is 57.3. The van der Waals surface area contributed by atoms with Crippen molar-refractivity contribution in [2.45, 2.75) is 92.1 Å². The first-order chi connectivity index (χ1) is 17.6. The van der Waals surface area contributed by atoms with Gasteiger partial charge in [-0.05, 0) is 37.3 Å². The zero-order chi connectivity index (χ0) is 28.0. The number of amides is 2. The van der Waals surface area contributed by atoms with Gasteiger partial charge in [-0.2, -0.15) is 0 Å². The monoisotopic (exact) mass is 521 g/mol. The van der Waals surface area contributed by atoms with Crippen LogP contribution in [0.15, 0.2) is 24.4 Å². The minimum absolute atomic E-state index is 0.223. The summed E-state index contributed by atoms with van der Waals surface area (Å²) in [6, 6.07) is 4.74. The van der Waals surface area contributed by atoms with Crippen molar-refractivity contribution in [2.75, 3.05) is 20.1 Å². The molecule has 3 atom stereocenters. The van der Waals surface area contributed by atoms with E-state index in [2.05, 4.69) is 4.98 Å². The Bertz CT molecular complexity index is 863. The van der Waals surface area contributed by atoms with Crippen molar-refractivity contribution in [2.24, 2.45) is 5.92 Å². The number of rotatable bonds is 11. The van der Waals surface area contributed by atoms with Gasteiger partial charge in [0.15, 0.2) is 6.10 Å². The lowest BCUT2D eigenvalue weighted by atomic mass is 10.1. The molecule has 0 bridgehead atoms. The van der Waals surface area contributed by atoms with Gasteiger partial charge < -0.3 is 24.0 Å². The quantitative estimate of drug-likeness (QED) is 0.317. The lowest BCUT2D eigenvalue weighted by Crippen LogP contribution is -2.49. The maximum atomic E-state index is 13.1. The van der Waals surface area contributed by atoms with E-state index in [1.165, 1.54) is 16.7 Å². The number of esters is 2. The molecule has 10 heteroatoms. The van der Waals surface area contributed by atoms with E-state index in [9.17, 15) is 19.2 Å². The van der Waals surface area contributed by atoms with Gasteiger partial charge in [-0.15, -0.1) is 0 Å². The van der Waals surface area contributed by atoms with E-state index in [4.69, 9.17) is 14.2 Å². The van der Waals surface area contributed by atoms with Gasteiger partial charge in [0.25, 0.3) is 5.91 Å². The molecule has 0 saturated carbocycles. The fourth-order valence-corrected chi connectivity index (χ4v) is 3.73. The molecule has 37 heavy (non-hydrogen) atoms. The number of hydrogen-bond donors (Lipinski definition) is 0. The predicted octanol–water partition coefficient (Wildman–Crippen LogP) is 3.97. The van der Waals surface area contributed by atoms with Crippen LogP contribution in [0.4, 0.5) is 4.79 Å². The smallest absolute Gasteiger partial charge is 0.412 e. The van der Waals surface area contributed by atoms with Crippen molar-refractivity contribution >= 4 is 23.9 Å². The first kappa shape index (κ1) is 31.9. The Balaban J connectivity index is 0.00000334. The summed E-state index contributed by atoms with van der Waals surface area (Å²) in [6.45, 7) is 11.6. The first-order valence-electron chi connectivity index (χ1n) is 13.2. The standard InChI is InChI=1S/C25H37N3O7.C2H6/c1-6-10-21(29)35-22(17(2)3)23(30)28-15-9-12-20(28)24(31)33-18(4)34-25(32)27(5)16-13-19-11-7-8-14-26-19;1-2/h7-8,11,14,17-18,20,22H,6,9-10,12-13,15-16H2,1-5H3;1-2H3/t18?,20-,22+;/m1./s1. The molecule has 1 aromatic heterocycles. The third-order valence-corrected chi connectivity index (χ3v) is 5.66. The highest BCUT2D eigenvalue weighted by atomic mass is 16.7. The number of nitrogens with zero attached hydrogens (tertiary/aromatic N) is 3. The van der Waals surface area contributed by atoms with Crippen LogP contribution in [0.2, 0.25) is 0 Å². The molecule has 0 spiro atoms. The van der Waals surface area contributed by atoms with Gasteiger partial charge in [-0.1, -0.05) is 40.7 Å². The maximum absolute atomic E-state index is 13.1. The molecule has 0 aliphatic carbocycles. The predicted molar refractivity (Wildman–Crippen MR) is 138 cm³/mol. The Labute approximate surface area is 220 Å². The van der Waals surface area contributed by atoms with Crippen molar-refractivity contribution in [3.63, 3.8) is 0 Å². The van der Waals surface area contributed by atoms with E-state index >= 15 is 0 Å². The van der Waals surface area contributed by atoms with E-state index in [1.54, 1.807) is 27.1 Å². The average molecular weight is 522 g/mol. The zero-order valence-corrected chi connectivity index (χ0v) is 23.3. The van der Waals surface area contributed by atoms with Crippen LogP contribution in [0.1, 0.15) is 72.9 Å². The molecule has 1 unspecified atom stereocenters. The third kappa shape index (κ3) is 10.4. The Morgan fingerprint density at radius 3 is 2.41 bits per heavy atom. The number of likely N-dealkylation sites (N-methyl/N-ethyl adjacent to an activating group) is 1. The second kappa shape index (κ2) is 16.6. The van der Waals surface area contributed by atoms with Gasteiger partial charge >= 0.3 is 18.0 Å². The average Bonchev–Trinajstić information content (AvgIpc) is 3.37. The van der Waals surface area contributed by atoms with Crippen LogP contribution in [0.25, 0.3) is 0 Å². The van der Waals surface area contributed by atoms with Crippen molar-refractivity contribution < 1.29 is 33.4 Å². The minimum Gasteiger partial charge on any atom is -0.452 e. The lowest BCUT2D eigenvalue weighted by molar-refractivity contribution is -0.176. The Kier molecular flexibility index (Phi) is 14.3. The summed E-state index contributed by atoms with van der Waals surface area (Å²) in [5.74, 6) is -1.76. The largest absolute Gasteiger partial charge is 0.452 e. The number of pyridine rings is 1. The van der Waals surface area contributed by atoms with Gasteiger partial charge in [0.1, 0.15) is 6.04 Å².